The molecule has 300 valence electrons. The molecule has 0 saturated carbocycles. The van der Waals surface area contributed by atoms with Crippen molar-refractivity contribution in [2.45, 2.75) is 89.7 Å². The molecule has 0 atom stereocenters. The van der Waals surface area contributed by atoms with E-state index in [9.17, 15) is 24.0 Å². The Morgan fingerprint density at radius 1 is 0.448 bits per heavy atom. The zero-order valence-corrected chi connectivity index (χ0v) is 36.0. The minimum atomic E-state index is -0.796. The molecule has 58 heavy (non-hydrogen) atoms. The average Bonchev–Trinajstić information content (AvgIpc) is 3.14. The number of hydrogen-bond donors (Lipinski definition) is 0. The highest BCUT2D eigenvalue weighted by molar-refractivity contribution is 6.46. The monoisotopic (exact) mass is 776 g/mol. The lowest BCUT2D eigenvalue weighted by Crippen LogP contribution is -2.29. The van der Waals surface area contributed by atoms with Crippen LogP contribution in [0, 0.1) is 21.7 Å². The van der Waals surface area contributed by atoms with Crippen LogP contribution in [-0.2, 0) is 25.7 Å². The van der Waals surface area contributed by atoms with E-state index in [2.05, 4.69) is 83.1 Å². The molecular weight excluding hydrogens is 721 g/mol. The summed E-state index contributed by atoms with van der Waals surface area (Å²) < 4.78 is 5.38. The van der Waals surface area contributed by atoms with Crippen LogP contribution in [0.5, 0.6) is 0 Å². The summed E-state index contributed by atoms with van der Waals surface area (Å²) in [6.07, 6.45) is 8.15. The second-order valence-electron chi connectivity index (χ2n) is 19.2. The number of esters is 1. The van der Waals surface area contributed by atoms with E-state index in [1.54, 1.807) is 54.6 Å². The summed E-state index contributed by atoms with van der Waals surface area (Å²) in [6, 6.07) is 24.4. The Balaban J connectivity index is 0.000000221. The summed E-state index contributed by atoms with van der Waals surface area (Å²) in [7, 11) is 0. The molecule has 0 radical (unpaired) electrons. The fourth-order valence-electron chi connectivity index (χ4n) is 7.07. The molecule has 0 spiro atoms. The standard InChI is InChI=1S/C28H40O2.C24H16O4/c1-25(2,3)19-13-17(14-20(23(19)29)26(4,5)6)18-15-21(27(7,8)9)24(30)22(16-18)28(10,11)12;25-22-18-13-7-8-14-19(18)23(26)21(20(22)17-11-5-2-6-12-17)24(27)28-15-16-9-3-1-4-10-16/h13-16H,1-12H3;1-14H,15H2. The van der Waals surface area contributed by atoms with Gasteiger partial charge in [-0.25, -0.2) is 4.79 Å². The van der Waals surface area contributed by atoms with Crippen LogP contribution in [0.4, 0.5) is 0 Å². The normalized spacial score (nSPS) is 16.5. The first kappa shape index (κ1) is 43.4. The van der Waals surface area contributed by atoms with Crippen LogP contribution >= 0.6 is 0 Å². The van der Waals surface area contributed by atoms with Gasteiger partial charge in [0.25, 0.3) is 0 Å². The van der Waals surface area contributed by atoms with Gasteiger partial charge in [0.2, 0.25) is 5.78 Å². The highest BCUT2D eigenvalue weighted by Gasteiger charge is 2.39. The number of hydrogen-bond acceptors (Lipinski definition) is 6. The predicted octanol–water partition coefficient (Wildman–Crippen LogP) is 11.6. The minimum Gasteiger partial charge on any atom is -0.457 e. The third kappa shape index (κ3) is 9.34. The van der Waals surface area contributed by atoms with Crippen LogP contribution in [0.25, 0.3) is 5.57 Å². The Morgan fingerprint density at radius 3 is 1.17 bits per heavy atom. The second kappa shape index (κ2) is 16.2. The number of carbonyl (C=O) groups excluding carboxylic acids is 5. The molecule has 0 bridgehead atoms. The lowest BCUT2D eigenvalue weighted by Gasteiger charge is -2.34. The summed E-state index contributed by atoms with van der Waals surface area (Å²) in [5.74, 6) is -1.38. The van der Waals surface area contributed by atoms with Gasteiger partial charge in [-0.05, 0) is 68.2 Å². The lowest BCUT2D eigenvalue weighted by atomic mass is 9.69. The number of carbonyl (C=O) groups is 5. The van der Waals surface area contributed by atoms with Crippen LogP contribution in [0.1, 0.15) is 115 Å². The molecule has 0 heterocycles. The fourth-order valence-corrected chi connectivity index (χ4v) is 7.07. The summed E-state index contributed by atoms with van der Waals surface area (Å²) in [5, 5.41) is 0. The Morgan fingerprint density at radius 2 is 0.793 bits per heavy atom. The largest absolute Gasteiger partial charge is 0.457 e. The van der Waals surface area contributed by atoms with Crippen molar-refractivity contribution in [1.82, 2.24) is 0 Å². The van der Waals surface area contributed by atoms with E-state index in [0.29, 0.717) is 11.1 Å². The van der Waals surface area contributed by atoms with Crippen molar-refractivity contribution in [3.63, 3.8) is 0 Å². The summed E-state index contributed by atoms with van der Waals surface area (Å²) >= 11 is 0. The third-order valence-corrected chi connectivity index (χ3v) is 10.3. The van der Waals surface area contributed by atoms with E-state index in [1.807, 2.05) is 54.6 Å². The fraction of sp³-hybridized carbons (Fsp3) is 0.327. The summed E-state index contributed by atoms with van der Waals surface area (Å²) in [4.78, 5) is 65.7. The molecule has 6 heteroatoms. The quantitative estimate of drug-likeness (QED) is 0.193. The number of ether oxygens (including phenoxy) is 1. The SMILES string of the molecule is CC(C)(C)C1=CC(=C2C=C(C(C)(C)C)C(=O)C(C(C)(C)C)=C2)C=C(C(C)(C)C)C1=O.O=C(OCc1ccccc1)C1=C(c2ccccc2)C(=O)c2ccccc2C1=O. The van der Waals surface area contributed by atoms with Gasteiger partial charge in [0.1, 0.15) is 12.2 Å². The van der Waals surface area contributed by atoms with Gasteiger partial charge in [0.15, 0.2) is 17.3 Å². The molecule has 3 aliphatic rings. The third-order valence-electron chi connectivity index (χ3n) is 10.3. The molecule has 0 N–H and O–H groups in total. The number of fused-ring (bicyclic) bond motifs is 1. The molecular formula is C52H56O6. The molecule has 0 aromatic heterocycles. The molecule has 3 aliphatic carbocycles. The van der Waals surface area contributed by atoms with Crippen molar-refractivity contribution < 1.29 is 28.7 Å². The zero-order valence-electron chi connectivity index (χ0n) is 36.0. The first-order valence-corrected chi connectivity index (χ1v) is 19.8. The number of ketones is 4. The van der Waals surface area contributed by atoms with E-state index >= 15 is 0 Å². The molecule has 0 saturated heterocycles. The number of rotatable bonds is 4. The van der Waals surface area contributed by atoms with E-state index in [-0.39, 0.29) is 62.3 Å². The minimum absolute atomic E-state index is 0.0222. The molecule has 0 aliphatic heterocycles. The van der Waals surface area contributed by atoms with E-state index in [4.69, 9.17) is 4.74 Å². The number of allylic oxidation sites excluding steroid dienone is 11. The van der Waals surface area contributed by atoms with Gasteiger partial charge >= 0.3 is 5.97 Å². The lowest BCUT2D eigenvalue weighted by molar-refractivity contribution is -0.139. The topological polar surface area (TPSA) is 94.6 Å². The van der Waals surface area contributed by atoms with Gasteiger partial charge in [-0.15, -0.1) is 0 Å². The van der Waals surface area contributed by atoms with Gasteiger partial charge < -0.3 is 4.74 Å². The highest BCUT2D eigenvalue weighted by Crippen LogP contribution is 2.43. The molecule has 6 rings (SSSR count). The Kier molecular flexibility index (Phi) is 12.1. The average molecular weight is 777 g/mol. The summed E-state index contributed by atoms with van der Waals surface area (Å²) in [6.45, 7) is 25.0. The van der Waals surface area contributed by atoms with E-state index in [0.717, 1.165) is 39.0 Å². The van der Waals surface area contributed by atoms with Gasteiger partial charge in [-0.1, -0.05) is 168 Å². The maximum absolute atomic E-state index is 13.3. The van der Waals surface area contributed by atoms with Crippen LogP contribution in [0.2, 0.25) is 0 Å². The van der Waals surface area contributed by atoms with Crippen LogP contribution < -0.4 is 0 Å². The molecule has 0 fully saturated rings. The second-order valence-corrected chi connectivity index (χ2v) is 19.2. The van der Waals surface area contributed by atoms with E-state index < -0.39 is 11.8 Å². The van der Waals surface area contributed by atoms with Crippen molar-refractivity contribution in [1.29, 1.82) is 0 Å². The van der Waals surface area contributed by atoms with E-state index in [1.165, 1.54) is 0 Å². The molecule has 0 unspecified atom stereocenters. The molecule has 6 nitrogen and oxygen atoms in total. The van der Waals surface area contributed by atoms with Gasteiger partial charge in [-0.3, -0.25) is 19.2 Å². The molecule has 3 aromatic carbocycles. The van der Waals surface area contributed by atoms with Gasteiger partial charge in [0, 0.05) is 39.0 Å². The zero-order chi connectivity index (χ0) is 43.0. The summed E-state index contributed by atoms with van der Waals surface area (Å²) in [5.41, 5.74) is 5.99. The van der Waals surface area contributed by atoms with Gasteiger partial charge in [0.05, 0.1) is 0 Å². The Bertz CT molecular complexity index is 2210. The number of benzene rings is 3. The van der Waals surface area contributed by atoms with Crippen LogP contribution in [0.15, 0.2) is 148 Å². The Hall–Kier alpha value is -5.75. The van der Waals surface area contributed by atoms with Crippen LogP contribution in [-0.4, -0.2) is 29.1 Å². The molecule has 0 amide bonds. The smallest absolute Gasteiger partial charge is 0.343 e. The van der Waals surface area contributed by atoms with Crippen molar-refractivity contribution in [2.75, 3.05) is 0 Å². The first-order valence-electron chi connectivity index (χ1n) is 19.8. The van der Waals surface area contributed by atoms with Crippen molar-refractivity contribution in [3.05, 3.63) is 170 Å². The van der Waals surface area contributed by atoms with Crippen molar-refractivity contribution in [2.24, 2.45) is 21.7 Å². The van der Waals surface area contributed by atoms with Gasteiger partial charge in [-0.2, -0.15) is 0 Å². The Labute approximate surface area is 344 Å². The van der Waals surface area contributed by atoms with Crippen molar-refractivity contribution in [3.8, 4) is 0 Å². The maximum atomic E-state index is 13.3. The number of Topliss-reactive ketones (excluding diaryl/α,β-unsaturated/α-hetero) is 4. The first-order chi connectivity index (χ1) is 26.9. The highest BCUT2D eigenvalue weighted by atomic mass is 16.5. The molecule has 3 aromatic rings. The van der Waals surface area contributed by atoms with Crippen molar-refractivity contribution >= 4 is 34.7 Å². The van der Waals surface area contributed by atoms with Crippen LogP contribution in [0.3, 0.4) is 0 Å². The maximum Gasteiger partial charge on any atom is 0.343 e. The predicted molar refractivity (Wildman–Crippen MR) is 232 cm³/mol.